The van der Waals surface area contributed by atoms with Gasteiger partial charge >= 0.3 is 0 Å². The zero-order chi connectivity index (χ0) is 14.5. The molecule has 0 saturated heterocycles. The van der Waals surface area contributed by atoms with E-state index in [0.29, 0.717) is 12.5 Å². The average molecular weight is 274 g/mol. The van der Waals surface area contributed by atoms with Crippen LogP contribution in [0.1, 0.15) is 38.3 Å². The first-order valence-electron chi connectivity index (χ1n) is 7.72. The highest BCUT2D eigenvalue weighted by Crippen LogP contribution is 2.37. The lowest BCUT2D eigenvalue weighted by Crippen LogP contribution is -2.27. The van der Waals surface area contributed by atoms with Gasteiger partial charge in [-0.2, -0.15) is 0 Å². The van der Waals surface area contributed by atoms with Crippen molar-refractivity contribution in [3.63, 3.8) is 0 Å². The molecule has 1 amide bonds. The number of hydrogen-bond donors (Lipinski definition) is 1. The molecule has 0 spiro atoms. The van der Waals surface area contributed by atoms with Crippen LogP contribution in [0.15, 0.2) is 24.3 Å². The van der Waals surface area contributed by atoms with Gasteiger partial charge in [-0.15, -0.1) is 0 Å². The molecule has 0 aliphatic heterocycles. The minimum Gasteiger partial charge on any atom is -0.352 e. The molecule has 0 aromatic heterocycles. The first-order valence-corrected chi connectivity index (χ1v) is 7.72. The molecule has 3 heteroatoms. The van der Waals surface area contributed by atoms with Gasteiger partial charge in [0.05, 0.1) is 0 Å². The summed E-state index contributed by atoms with van der Waals surface area (Å²) in [7, 11) is 0. The fourth-order valence-electron chi connectivity index (χ4n) is 2.57. The van der Waals surface area contributed by atoms with Crippen molar-refractivity contribution < 1.29 is 4.79 Å². The summed E-state index contributed by atoms with van der Waals surface area (Å²) in [6.07, 6.45) is 1.05. The lowest BCUT2D eigenvalue weighted by atomic mass is 10.1. The van der Waals surface area contributed by atoms with Crippen molar-refractivity contribution in [2.24, 2.45) is 11.8 Å². The van der Waals surface area contributed by atoms with Gasteiger partial charge in [-0.05, 0) is 36.6 Å². The normalized spacial score (nSPS) is 21.0. The van der Waals surface area contributed by atoms with Gasteiger partial charge < -0.3 is 5.32 Å². The van der Waals surface area contributed by atoms with E-state index in [2.05, 4.69) is 49.2 Å². The number of nitrogens with one attached hydrogen (secondary N) is 1. The maximum Gasteiger partial charge on any atom is 0.223 e. The summed E-state index contributed by atoms with van der Waals surface area (Å²) in [5.74, 6) is 1.04. The van der Waals surface area contributed by atoms with Gasteiger partial charge in [0.1, 0.15) is 0 Å². The van der Waals surface area contributed by atoms with E-state index in [9.17, 15) is 4.79 Å². The largest absolute Gasteiger partial charge is 0.352 e. The maximum atomic E-state index is 11.9. The summed E-state index contributed by atoms with van der Waals surface area (Å²) in [6.45, 7) is 10.2. The number of carbonyl (C=O) groups is 1. The summed E-state index contributed by atoms with van der Waals surface area (Å²) in [6, 6.07) is 8.41. The van der Waals surface area contributed by atoms with Crippen molar-refractivity contribution in [1.82, 2.24) is 10.2 Å². The van der Waals surface area contributed by atoms with Crippen LogP contribution in [0.2, 0.25) is 0 Å². The molecule has 1 aromatic carbocycles. The highest BCUT2D eigenvalue weighted by Gasteiger charge is 2.38. The zero-order valence-corrected chi connectivity index (χ0v) is 12.9. The lowest BCUT2D eigenvalue weighted by molar-refractivity contribution is -0.122. The van der Waals surface area contributed by atoms with Gasteiger partial charge in [0.25, 0.3) is 0 Å². The third kappa shape index (κ3) is 3.83. The van der Waals surface area contributed by atoms with E-state index in [0.717, 1.165) is 26.1 Å². The molecule has 0 bridgehead atoms. The molecule has 110 valence electrons. The Morgan fingerprint density at radius 1 is 1.25 bits per heavy atom. The predicted molar refractivity (Wildman–Crippen MR) is 82.2 cm³/mol. The molecular formula is C17H26N2O. The minimum absolute atomic E-state index is 0.218. The van der Waals surface area contributed by atoms with Crippen LogP contribution in [-0.4, -0.2) is 23.9 Å². The molecule has 2 atom stereocenters. The van der Waals surface area contributed by atoms with Crippen LogP contribution in [0, 0.1) is 11.8 Å². The second-order valence-corrected chi connectivity index (χ2v) is 5.77. The monoisotopic (exact) mass is 274 g/mol. The molecule has 0 unspecified atom stereocenters. The molecule has 20 heavy (non-hydrogen) atoms. The molecule has 1 aliphatic carbocycles. The Balaban J connectivity index is 1.95. The number of amides is 1. The zero-order valence-electron chi connectivity index (χ0n) is 12.9. The van der Waals surface area contributed by atoms with Crippen LogP contribution < -0.4 is 5.32 Å². The van der Waals surface area contributed by atoms with Gasteiger partial charge in [0, 0.05) is 19.0 Å². The standard InChI is InChI=1S/C17H26N2O/c1-4-19(5-2)12-15-9-7-6-8-14(15)11-18-17(20)16-10-13(16)3/h6-9,13,16H,4-5,10-12H2,1-3H3,(H,18,20)/t13-,16+/m0/s1. The molecule has 0 radical (unpaired) electrons. The van der Waals surface area contributed by atoms with E-state index in [-0.39, 0.29) is 11.8 Å². The van der Waals surface area contributed by atoms with Crippen LogP contribution in [0.5, 0.6) is 0 Å². The van der Waals surface area contributed by atoms with E-state index >= 15 is 0 Å². The fourth-order valence-corrected chi connectivity index (χ4v) is 2.57. The number of hydrogen-bond acceptors (Lipinski definition) is 2. The molecule has 2 rings (SSSR count). The number of rotatable bonds is 7. The summed E-state index contributed by atoms with van der Waals surface area (Å²) < 4.78 is 0. The number of carbonyl (C=O) groups excluding carboxylic acids is 1. The molecule has 1 aromatic rings. The van der Waals surface area contributed by atoms with Crippen molar-refractivity contribution in [3.05, 3.63) is 35.4 Å². The smallest absolute Gasteiger partial charge is 0.223 e. The Hall–Kier alpha value is -1.35. The Bertz CT molecular complexity index is 454. The van der Waals surface area contributed by atoms with E-state index in [1.54, 1.807) is 0 Å². The lowest BCUT2D eigenvalue weighted by Gasteiger charge is -2.20. The van der Waals surface area contributed by atoms with Crippen LogP contribution in [0.4, 0.5) is 0 Å². The molecule has 3 nitrogen and oxygen atoms in total. The van der Waals surface area contributed by atoms with Crippen molar-refractivity contribution in [2.75, 3.05) is 13.1 Å². The Morgan fingerprint density at radius 3 is 2.40 bits per heavy atom. The Kier molecular flexibility index (Phi) is 5.18. The topological polar surface area (TPSA) is 32.3 Å². The quantitative estimate of drug-likeness (QED) is 0.829. The van der Waals surface area contributed by atoms with Gasteiger partial charge in [0.2, 0.25) is 5.91 Å². The van der Waals surface area contributed by atoms with Gasteiger partial charge in [-0.1, -0.05) is 45.0 Å². The molecule has 1 aliphatic rings. The molecule has 1 saturated carbocycles. The molecule has 0 heterocycles. The second-order valence-electron chi connectivity index (χ2n) is 5.77. The molecule has 1 N–H and O–H groups in total. The molecule has 1 fully saturated rings. The second kappa shape index (κ2) is 6.89. The van der Waals surface area contributed by atoms with E-state index in [4.69, 9.17) is 0 Å². The van der Waals surface area contributed by atoms with E-state index in [1.807, 2.05) is 6.07 Å². The van der Waals surface area contributed by atoms with Crippen molar-refractivity contribution >= 4 is 5.91 Å². The molecular weight excluding hydrogens is 248 g/mol. The Labute approximate surface area is 122 Å². The highest BCUT2D eigenvalue weighted by molar-refractivity contribution is 5.81. The number of nitrogens with zero attached hydrogens (tertiary/aromatic N) is 1. The third-order valence-corrected chi connectivity index (χ3v) is 4.31. The van der Waals surface area contributed by atoms with Crippen LogP contribution in [-0.2, 0) is 17.9 Å². The predicted octanol–water partition coefficient (Wildman–Crippen LogP) is 2.80. The van der Waals surface area contributed by atoms with Gasteiger partial charge in [-0.3, -0.25) is 9.69 Å². The fraction of sp³-hybridized carbons (Fsp3) is 0.588. The number of benzene rings is 1. The van der Waals surface area contributed by atoms with Crippen LogP contribution >= 0.6 is 0 Å². The van der Waals surface area contributed by atoms with Gasteiger partial charge in [-0.25, -0.2) is 0 Å². The van der Waals surface area contributed by atoms with Crippen LogP contribution in [0.3, 0.4) is 0 Å². The average Bonchev–Trinajstić information content (AvgIpc) is 3.20. The van der Waals surface area contributed by atoms with Crippen molar-refractivity contribution in [2.45, 2.75) is 40.3 Å². The Morgan fingerprint density at radius 2 is 1.85 bits per heavy atom. The maximum absolute atomic E-state index is 11.9. The summed E-state index contributed by atoms with van der Waals surface area (Å²) in [4.78, 5) is 14.3. The first-order chi connectivity index (χ1) is 9.65. The summed E-state index contributed by atoms with van der Waals surface area (Å²) in [5, 5.41) is 3.08. The van der Waals surface area contributed by atoms with E-state index < -0.39 is 0 Å². The summed E-state index contributed by atoms with van der Waals surface area (Å²) in [5.41, 5.74) is 2.56. The van der Waals surface area contributed by atoms with E-state index in [1.165, 1.54) is 11.1 Å². The van der Waals surface area contributed by atoms with Crippen molar-refractivity contribution in [3.8, 4) is 0 Å². The SMILES string of the molecule is CCN(CC)Cc1ccccc1CNC(=O)[C@@H]1C[C@@H]1C. The van der Waals surface area contributed by atoms with Crippen LogP contribution in [0.25, 0.3) is 0 Å². The first kappa shape index (κ1) is 15.0. The van der Waals surface area contributed by atoms with Gasteiger partial charge in [0.15, 0.2) is 0 Å². The highest BCUT2D eigenvalue weighted by atomic mass is 16.2. The third-order valence-electron chi connectivity index (χ3n) is 4.31. The van der Waals surface area contributed by atoms with Crippen molar-refractivity contribution in [1.29, 1.82) is 0 Å². The minimum atomic E-state index is 0.218. The summed E-state index contributed by atoms with van der Waals surface area (Å²) >= 11 is 0.